The Labute approximate surface area is 152 Å². The van der Waals surface area contributed by atoms with E-state index in [0.29, 0.717) is 12.3 Å². The Bertz CT molecular complexity index is 588. The molecule has 8 atom stereocenters. The maximum absolute atomic E-state index is 12.1. The summed E-state index contributed by atoms with van der Waals surface area (Å²) in [5, 5.41) is 21.7. The van der Waals surface area contributed by atoms with Crippen molar-refractivity contribution in [1.29, 1.82) is 0 Å². The lowest BCUT2D eigenvalue weighted by Crippen LogP contribution is -2.69. The van der Waals surface area contributed by atoms with E-state index >= 15 is 0 Å². The predicted molar refractivity (Wildman–Crippen MR) is 100 cm³/mol. The van der Waals surface area contributed by atoms with Crippen LogP contribution in [0.1, 0.15) is 73.1 Å². The van der Waals surface area contributed by atoms with Gasteiger partial charge in [-0.3, -0.25) is 0 Å². The first-order valence-corrected chi connectivity index (χ1v) is 9.90. The number of carbonyl (C=O) groups excluding carboxylic acids is 1. The van der Waals surface area contributed by atoms with Crippen LogP contribution < -0.4 is 0 Å². The molecule has 0 aromatic rings. The first-order valence-electron chi connectivity index (χ1n) is 9.90. The minimum absolute atomic E-state index is 0.0354. The van der Waals surface area contributed by atoms with Gasteiger partial charge in [0.2, 0.25) is 0 Å². The molecule has 0 heterocycles. The van der Waals surface area contributed by atoms with Crippen molar-refractivity contribution >= 4 is 6.29 Å². The topological polar surface area (TPSA) is 57.5 Å². The van der Waals surface area contributed by atoms with E-state index in [1.165, 1.54) is 0 Å². The number of rotatable bonds is 2. The third-order valence-corrected chi connectivity index (χ3v) is 9.95. The number of aliphatic hydroxyl groups is 2. The Morgan fingerprint density at radius 1 is 0.920 bits per heavy atom. The lowest BCUT2D eigenvalue weighted by atomic mass is 9.32. The van der Waals surface area contributed by atoms with Gasteiger partial charge in [-0.15, -0.1) is 6.58 Å². The van der Waals surface area contributed by atoms with Crippen LogP contribution in [0.25, 0.3) is 0 Å². The highest BCUT2D eigenvalue weighted by Gasteiger charge is 2.71. The fourth-order valence-electron chi connectivity index (χ4n) is 7.11. The van der Waals surface area contributed by atoms with Crippen LogP contribution in [-0.2, 0) is 4.79 Å². The second-order valence-electron chi connectivity index (χ2n) is 10.4. The van der Waals surface area contributed by atoms with Gasteiger partial charge in [0.1, 0.15) is 6.29 Å². The molecule has 3 rings (SSSR count). The molecule has 0 aromatic carbocycles. The average molecular weight is 349 g/mol. The molecule has 0 unspecified atom stereocenters. The van der Waals surface area contributed by atoms with Gasteiger partial charge in [0, 0.05) is 5.41 Å². The van der Waals surface area contributed by atoms with Crippen molar-refractivity contribution in [1.82, 2.24) is 0 Å². The SMILES string of the molecule is C=C[C@@]1(C)C[C@@H]2CC[C@@]3(C)[C@@](C)(CC[C@@H](O)[C@]3(C)C=O)[C@]2(C)C[C@@H]1O. The maximum Gasteiger partial charge on any atom is 0.129 e. The normalized spacial score (nSPS) is 58.8. The first-order chi connectivity index (χ1) is 11.4. The third-order valence-electron chi connectivity index (χ3n) is 9.95. The zero-order chi connectivity index (χ0) is 18.9. The van der Waals surface area contributed by atoms with E-state index in [1.54, 1.807) is 0 Å². The van der Waals surface area contributed by atoms with Crippen LogP contribution in [-0.4, -0.2) is 28.7 Å². The van der Waals surface area contributed by atoms with E-state index in [1.807, 2.05) is 13.0 Å². The number of aldehydes is 1. The van der Waals surface area contributed by atoms with Gasteiger partial charge in [0.25, 0.3) is 0 Å². The second-order valence-corrected chi connectivity index (χ2v) is 10.4. The summed E-state index contributed by atoms with van der Waals surface area (Å²) >= 11 is 0. The summed E-state index contributed by atoms with van der Waals surface area (Å²) in [4.78, 5) is 12.1. The molecule has 3 fully saturated rings. The molecule has 142 valence electrons. The zero-order valence-electron chi connectivity index (χ0n) is 16.6. The standard InChI is InChI=1S/C22H36O3/c1-7-18(2)12-15-8-10-22(6)20(4,14-23)16(24)9-11-21(22,5)19(15,3)13-17(18)25/h7,14-17,24-25H,1,8-13H2,2-6H3/t15-,16+,17-,18-,19+,20-,21-,22+/m0/s1. The van der Waals surface area contributed by atoms with E-state index < -0.39 is 17.6 Å². The number of hydrogen-bond acceptors (Lipinski definition) is 3. The number of hydrogen-bond donors (Lipinski definition) is 2. The minimum Gasteiger partial charge on any atom is -0.392 e. The van der Waals surface area contributed by atoms with Crippen molar-refractivity contribution < 1.29 is 15.0 Å². The summed E-state index contributed by atoms with van der Waals surface area (Å²) in [6.07, 6.45) is 7.28. The van der Waals surface area contributed by atoms with Crippen molar-refractivity contribution in [2.75, 3.05) is 0 Å². The van der Waals surface area contributed by atoms with E-state index in [9.17, 15) is 15.0 Å². The molecular formula is C22H36O3. The van der Waals surface area contributed by atoms with Crippen molar-refractivity contribution in [3.8, 4) is 0 Å². The lowest BCUT2D eigenvalue weighted by Gasteiger charge is -2.72. The highest BCUT2D eigenvalue weighted by Crippen LogP contribution is 2.75. The number of fused-ring (bicyclic) bond motifs is 3. The summed E-state index contributed by atoms with van der Waals surface area (Å²) in [7, 11) is 0. The van der Waals surface area contributed by atoms with Gasteiger partial charge in [0.05, 0.1) is 17.6 Å². The van der Waals surface area contributed by atoms with Gasteiger partial charge in [-0.1, -0.05) is 33.8 Å². The fraction of sp³-hybridized carbons (Fsp3) is 0.864. The van der Waals surface area contributed by atoms with Crippen LogP contribution in [0.4, 0.5) is 0 Å². The highest BCUT2D eigenvalue weighted by molar-refractivity contribution is 5.63. The Hall–Kier alpha value is -0.670. The summed E-state index contributed by atoms with van der Waals surface area (Å²) in [6, 6.07) is 0. The molecule has 0 radical (unpaired) electrons. The molecular weight excluding hydrogens is 312 g/mol. The second kappa shape index (κ2) is 5.42. The highest BCUT2D eigenvalue weighted by atomic mass is 16.3. The smallest absolute Gasteiger partial charge is 0.129 e. The van der Waals surface area contributed by atoms with Gasteiger partial charge in [0.15, 0.2) is 0 Å². The molecule has 25 heavy (non-hydrogen) atoms. The van der Waals surface area contributed by atoms with Crippen LogP contribution in [0, 0.1) is 33.0 Å². The molecule has 3 aliphatic rings. The summed E-state index contributed by atoms with van der Waals surface area (Å²) in [5.74, 6) is 0.517. The molecule has 3 nitrogen and oxygen atoms in total. The van der Waals surface area contributed by atoms with Crippen LogP contribution in [0.2, 0.25) is 0 Å². The van der Waals surface area contributed by atoms with Gasteiger partial charge >= 0.3 is 0 Å². The van der Waals surface area contributed by atoms with Crippen molar-refractivity contribution in [2.24, 2.45) is 33.0 Å². The first kappa shape index (κ1) is 19.1. The zero-order valence-corrected chi connectivity index (χ0v) is 16.6. The third kappa shape index (κ3) is 2.03. The monoisotopic (exact) mass is 348 g/mol. The van der Waals surface area contributed by atoms with E-state index in [-0.39, 0.29) is 21.7 Å². The maximum atomic E-state index is 12.1. The molecule has 3 heteroatoms. The fourth-order valence-corrected chi connectivity index (χ4v) is 7.11. The molecule has 0 amide bonds. The summed E-state index contributed by atoms with van der Waals surface area (Å²) in [6.45, 7) is 15.0. The van der Waals surface area contributed by atoms with Gasteiger partial charge in [-0.2, -0.15) is 0 Å². The van der Waals surface area contributed by atoms with Crippen LogP contribution in [0.3, 0.4) is 0 Å². The quantitative estimate of drug-likeness (QED) is 0.583. The van der Waals surface area contributed by atoms with Gasteiger partial charge < -0.3 is 15.0 Å². The summed E-state index contributed by atoms with van der Waals surface area (Å²) in [5.41, 5.74) is -1.32. The van der Waals surface area contributed by atoms with Crippen LogP contribution in [0.5, 0.6) is 0 Å². The molecule has 3 aliphatic carbocycles. The molecule has 2 N–H and O–H groups in total. The average Bonchev–Trinajstić information content (AvgIpc) is 2.57. The van der Waals surface area contributed by atoms with Crippen LogP contribution in [0.15, 0.2) is 12.7 Å². The van der Waals surface area contributed by atoms with Gasteiger partial charge in [-0.25, -0.2) is 0 Å². The Morgan fingerprint density at radius 2 is 1.52 bits per heavy atom. The predicted octanol–water partition coefficient (Wildman–Crippen LogP) is 4.12. The molecule has 0 spiro atoms. The van der Waals surface area contributed by atoms with E-state index in [2.05, 4.69) is 34.3 Å². The lowest BCUT2D eigenvalue weighted by molar-refractivity contribution is -0.260. The Morgan fingerprint density at radius 3 is 2.08 bits per heavy atom. The van der Waals surface area contributed by atoms with Gasteiger partial charge in [-0.05, 0) is 67.6 Å². The van der Waals surface area contributed by atoms with Crippen molar-refractivity contribution in [3.05, 3.63) is 12.7 Å². The molecule has 0 bridgehead atoms. The summed E-state index contributed by atoms with van der Waals surface area (Å²) < 4.78 is 0. The minimum atomic E-state index is -0.724. The van der Waals surface area contributed by atoms with Crippen LogP contribution >= 0.6 is 0 Å². The Kier molecular flexibility index (Phi) is 4.14. The number of aliphatic hydroxyl groups excluding tert-OH is 2. The molecule has 3 saturated carbocycles. The largest absolute Gasteiger partial charge is 0.392 e. The Balaban J connectivity index is 2.11. The van der Waals surface area contributed by atoms with E-state index in [4.69, 9.17) is 0 Å². The van der Waals surface area contributed by atoms with Crippen molar-refractivity contribution in [2.45, 2.75) is 85.4 Å². The number of carbonyl (C=O) groups is 1. The van der Waals surface area contributed by atoms with Crippen molar-refractivity contribution in [3.63, 3.8) is 0 Å². The molecule has 0 saturated heterocycles. The molecule has 0 aromatic heterocycles. The molecule has 0 aliphatic heterocycles. The van der Waals surface area contributed by atoms with E-state index in [0.717, 1.165) is 38.4 Å².